The van der Waals surface area contributed by atoms with Crippen LogP contribution in [0, 0.1) is 5.92 Å². The fourth-order valence-corrected chi connectivity index (χ4v) is 5.31. The van der Waals surface area contributed by atoms with Gasteiger partial charge in [0.15, 0.2) is 0 Å². The molecule has 5 nitrogen and oxygen atoms in total. The Labute approximate surface area is 198 Å². The highest BCUT2D eigenvalue weighted by atomic mass is 19.4. The Morgan fingerprint density at radius 2 is 1.71 bits per heavy atom. The van der Waals surface area contributed by atoms with Crippen molar-refractivity contribution < 1.29 is 13.2 Å². The predicted molar refractivity (Wildman–Crippen MR) is 131 cm³/mol. The van der Waals surface area contributed by atoms with Gasteiger partial charge in [0, 0.05) is 36.1 Å². The second-order valence-electron chi connectivity index (χ2n) is 9.71. The van der Waals surface area contributed by atoms with Crippen molar-refractivity contribution >= 4 is 22.4 Å². The summed E-state index contributed by atoms with van der Waals surface area (Å²) in [6, 6.07) is 9.80. The van der Waals surface area contributed by atoms with E-state index < -0.39 is 18.1 Å². The van der Waals surface area contributed by atoms with Gasteiger partial charge in [-0.3, -0.25) is 0 Å². The van der Waals surface area contributed by atoms with Crippen LogP contribution in [0.3, 0.4) is 0 Å². The van der Waals surface area contributed by atoms with Gasteiger partial charge in [-0.2, -0.15) is 13.2 Å². The van der Waals surface area contributed by atoms with E-state index in [1.54, 1.807) is 12.1 Å². The van der Waals surface area contributed by atoms with E-state index in [2.05, 4.69) is 31.2 Å². The topological polar surface area (TPSA) is 47.2 Å². The van der Waals surface area contributed by atoms with Crippen molar-refractivity contribution in [3.05, 3.63) is 42.6 Å². The lowest BCUT2D eigenvalue weighted by Gasteiger charge is -2.36. The number of hydrogen-bond donors (Lipinski definition) is 2. The van der Waals surface area contributed by atoms with Gasteiger partial charge in [0.1, 0.15) is 11.9 Å². The number of nitrogens with one attached hydrogen (secondary N) is 2. The summed E-state index contributed by atoms with van der Waals surface area (Å²) in [7, 11) is 1.96. The van der Waals surface area contributed by atoms with E-state index in [1.165, 1.54) is 19.3 Å². The first-order valence-electron chi connectivity index (χ1n) is 12.2. The van der Waals surface area contributed by atoms with Crippen molar-refractivity contribution in [3.63, 3.8) is 0 Å². The fourth-order valence-electron chi connectivity index (χ4n) is 5.31. The molecule has 0 bridgehead atoms. The van der Waals surface area contributed by atoms with Crippen LogP contribution in [-0.4, -0.2) is 60.3 Å². The largest absolute Gasteiger partial charge is 0.408 e. The summed E-state index contributed by atoms with van der Waals surface area (Å²) in [6.45, 7) is 3.44. The zero-order valence-corrected chi connectivity index (χ0v) is 19.5. The molecule has 1 atom stereocenters. The molecule has 0 radical (unpaired) electrons. The average molecular weight is 472 g/mol. The molecule has 2 N–H and O–H groups in total. The molecule has 4 heterocycles. The monoisotopic (exact) mass is 471 g/mol. The number of aromatic nitrogens is 2. The van der Waals surface area contributed by atoms with Crippen molar-refractivity contribution in [2.45, 2.75) is 44.3 Å². The highest BCUT2D eigenvalue weighted by Gasteiger charge is 2.45. The summed E-state index contributed by atoms with van der Waals surface area (Å²) in [5.41, 5.74) is 3.40. The minimum atomic E-state index is -4.28. The van der Waals surface area contributed by atoms with Crippen LogP contribution in [0.25, 0.3) is 22.2 Å². The third kappa shape index (κ3) is 4.87. The number of nitrogens with zero attached hydrogens (tertiary/aromatic N) is 3. The number of halogens is 3. The van der Waals surface area contributed by atoms with E-state index in [1.807, 2.05) is 31.4 Å². The first-order valence-corrected chi connectivity index (χ1v) is 12.2. The van der Waals surface area contributed by atoms with Gasteiger partial charge >= 0.3 is 6.18 Å². The highest BCUT2D eigenvalue weighted by Crippen LogP contribution is 2.35. The number of aromatic amines is 1. The Bertz CT molecular complexity index is 1090. The molecule has 2 aliphatic rings. The van der Waals surface area contributed by atoms with Crippen LogP contribution in [0.2, 0.25) is 0 Å². The Kier molecular flexibility index (Phi) is 6.42. The van der Waals surface area contributed by atoms with Crippen molar-refractivity contribution in [2.24, 2.45) is 5.92 Å². The number of H-pyrrole nitrogens is 1. The van der Waals surface area contributed by atoms with Gasteiger partial charge in [0.2, 0.25) is 0 Å². The number of pyridine rings is 1. The lowest BCUT2D eigenvalue weighted by Crippen LogP contribution is -2.46. The van der Waals surface area contributed by atoms with E-state index in [4.69, 9.17) is 0 Å². The number of likely N-dealkylation sites (tertiary alicyclic amines) is 1. The average Bonchev–Trinajstić information content (AvgIpc) is 3.28. The molecule has 1 unspecified atom stereocenters. The Hall–Kier alpha value is -2.74. The Morgan fingerprint density at radius 3 is 2.38 bits per heavy atom. The third-order valence-electron chi connectivity index (χ3n) is 7.29. The van der Waals surface area contributed by atoms with Crippen LogP contribution < -0.4 is 10.2 Å². The number of anilines is 2. The third-order valence-corrected chi connectivity index (χ3v) is 7.29. The number of hydrogen-bond acceptors (Lipinski definition) is 4. The van der Waals surface area contributed by atoms with Crippen LogP contribution in [0.5, 0.6) is 0 Å². The van der Waals surface area contributed by atoms with Crippen LogP contribution in [-0.2, 0) is 0 Å². The van der Waals surface area contributed by atoms with Crippen molar-refractivity contribution in [1.29, 1.82) is 0 Å². The first kappa shape index (κ1) is 23.0. The van der Waals surface area contributed by atoms with Gasteiger partial charge in [0.05, 0.1) is 5.52 Å². The summed E-state index contributed by atoms with van der Waals surface area (Å²) < 4.78 is 41.6. The number of piperidine rings is 2. The quantitative estimate of drug-likeness (QED) is 0.486. The zero-order chi connectivity index (χ0) is 23.7. The first-order chi connectivity index (χ1) is 16.4. The van der Waals surface area contributed by atoms with Crippen LogP contribution in [0.4, 0.5) is 24.7 Å². The summed E-state index contributed by atoms with van der Waals surface area (Å²) in [5.74, 6) is 0.592. The van der Waals surface area contributed by atoms with Gasteiger partial charge in [-0.25, -0.2) is 4.98 Å². The minimum absolute atomic E-state index is 0.412. The van der Waals surface area contributed by atoms with Crippen molar-refractivity contribution in [2.75, 3.05) is 43.4 Å². The molecule has 5 rings (SSSR count). The number of alkyl halides is 3. The van der Waals surface area contributed by atoms with Gasteiger partial charge in [-0.05, 0) is 88.0 Å². The molecular formula is C26H32F3N5. The Balaban J connectivity index is 1.35. The van der Waals surface area contributed by atoms with Gasteiger partial charge < -0.3 is 20.1 Å². The lowest BCUT2D eigenvalue weighted by molar-refractivity contribution is -0.156. The molecule has 3 aromatic rings. The van der Waals surface area contributed by atoms with E-state index in [0.717, 1.165) is 41.1 Å². The van der Waals surface area contributed by atoms with Crippen LogP contribution in [0.15, 0.2) is 42.6 Å². The predicted octanol–water partition coefficient (Wildman–Crippen LogP) is 5.90. The normalized spacial score (nSPS) is 19.5. The van der Waals surface area contributed by atoms with E-state index >= 15 is 0 Å². The summed E-state index contributed by atoms with van der Waals surface area (Å²) in [6.07, 6.45) is 2.27. The number of fused-ring (bicyclic) bond motifs is 1. The molecule has 2 fully saturated rings. The molecule has 2 aliphatic heterocycles. The second kappa shape index (κ2) is 9.49. The smallest absolute Gasteiger partial charge is 0.374 e. The number of benzene rings is 1. The van der Waals surface area contributed by atoms with E-state index in [-0.39, 0.29) is 0 Å². The molecule has 182 valence electrons. The molecule has 2 aromatic heterocycles. The van der Waals surface area contributed by atoms with Crippen LogP contribution in [0.1, 0.15) is 32.1 Å². The van der Waals surface area contributed by atoms with Gasteiger partial charge in [0.25, 0.3) is 0 Å². The molecule has 8 heteroatoms. The number of rotatable bonds is 5. The maximum absolute atomic E-state index is 13.9. The molecule has 0 amide bonds. The second-order valence-corrected chi connectivity index (χ2v) is 9.71. The summed E-state index contributed by atoms with van der Waals surface area (Å²) in [4.78, 5) is 12.5. The molecule has 34 heavy (non-hydrogen) atoms. The maximum Gasteiger partial charge on any atom is 0.408 e. The minimum Gasteiger partial charge on any atom is -0.374 e. The van der Waals surface area contributed by atoms with Crippen LogP contribution >= 0.6 is 0 Å². The summed E-state index contributed by atoms with van der Waals surface area (Å²) >= 11 is 0. The highest BCUT2D eigenvalue weighted by molar-refractivity contribution is 5.94. The SMILES string of the molecule is CN1CCC(C(Nc2ccc(-c3cc4c(N5CCCCC5)nccc4[nH]3)cc2)C(F)(F)F)CC1. The molecule has 2 saturated heterocycles. The van der Waals surface area contributed by atoms with E-state index in [0.29, 0.717) is 31.6 Å². The molecule has 0 saturated carbocycles. The lowest BCUT2D eigenvalue weighted by atomic mass is 9.89. The Morgan fingerprint density at radius 1 is 1.00 bits per heavy atom. The summed E-state index contributed by atoms with van der Waals surface area (Å²) in [5, 5.41) is 3.87. The van der Waals surface area contributed by atoms with E-state index in [9.17, 15) is 13.2 Å². The molecule has 0 spiro atoms. The molecular weight excluding hydrogens is 439 g/mol. The molecule has 1 aromatic carbocycles. The van der Waals surface area contributed by atoms with Gasteiger partial charge in [-0.15, -0.1) is 0 Å². The zero-order valence-electron chi connectivity index (χ0n) is 19.5. The van der Waals surface area contributed by atoms with Gasteiger partial charge in [-0.1, -0.05) is 12.1 Å². The standard InChI is InChI=1S/C26H32F3N5/c1-33-15-10-19(11-16-33)24(26(27,28)29)31-20-7-5-18(6-8-20)23-17-21-22(32-23)9-12-30-25(21)34-13-3-2-4-14-34/h5-9,12,17,19,24,31-32H,2-4,10-11,13-16H2,1H3. The van der Waals surface area contributed by atoms with Crippen molar-refractivity contribution in [3.8, 4) is 11.3 Å². The maximum atomic E-state index is 13.9. The van der Waals surface area contributed by atoms with Crippen molar-refractivity contribution in [1.82, 2.24) is 14.9 Å². The fraction of sp³-hybridized carbons (Fsp3) is 0.500. The molecule has 0 aliphatic carbocycles.